The van der Waals surface area contributed by atoms with Crippen LogP contribution in [0.5, 0.6) is 0 Å². The fourth-order valence-electron chi connectivity index (χ4n) is 1.23. The number of likely N-dealkylation sites (N-methyl/N-ethyl adjacent to an activating group) is 1. The van der Waals surface area contributed by atoms with Gasteiger partial charge >= 0.3 is 0 Å². The van der Waals surface area contributed by atoms with Gasteiger partial charge in [0.2, 0.25) is 5.91 Å². The van der Waals surface area contributed by atoms with E-state index in [4.69, 9.17) is 0 Å². The van der Waals surface area contributed by atoms with Crippen LogP contribution in [-0.2, 0) is 11.3 Å². The van der Waals surface area contributed by atoms with Gasteiger partial charge in [-0.3, -0.25) is 4.79 Å². The summed E-state index contributed by atoms with van der Waals surface area (Å²) in [5, 5.41) is 5.59. The van der Waals surface area contributed by atoms with Crippen LogP contribution in [0, 0.1) is 5.82 Å². The summed E-state index contributed by atoms with van der Waals surface area (Å²) >= 11 is 3.11. The summed E-state index contributed by atoms with van der Waals surface area (Å²) in [5.74, 6) is -0.357. The van der Waals surface area contributed by atoms with E-state index in [-0.39, 0.29) is 30.2 Å². The minimum absolute atomic E-state index is 0. The molecule has 0 unspecified atom stereocenters. The van der Waals surface area contributed by atoms with Crippen LogP contribution in [0.1, 0.15) is 12.5 Å². The van der Waals surface area contributed by atoms with Gasteiger partial charge < -0.3 is 10.6 Å². The first-order chi connectivity index (χ1) is 7.54. The van der Waals surface area contributed by atoms with E-state index in [1.807, 2.05) is 0 Å². The zero-order chi connectivity index (χ0) is 12.1. The lowest BCUT2D eigenvalue weighted by Crippen LogP contribution is -2.40. The summed E-state index contributed by atoms with van der Waals surface area (Å²) in [7, 11) is 1.59. The van der Waals surface area contributed by atoms with Crippen LogP contribution < -0.4 is 10.6 Å². The van der Waals surface area contributed by atoms with Crippen molar-refractivity contribution < 1.29 is 9.18 Å². The molecule has 0 bridgehead atoms. The molecule has 0 aliphatic heterocycles. The molecule has 0 aliphatic rings. The summed E-state index contributed by atoms with van der Waals surface area (Å²) in [6.45, 7) is 2.30. The highest BCUT2D eigenvalue weighted by atomic mass is 79.9. The van der Waals surface area contributed by atoms with E-state index in [0.717, 1.165) is 5.56 Å². The first-order valence-electron chi connectivity index (χ1n) is 4.93. The van der Waals surface area contributed by atoms with E-state index in [0.29, 0.717) is 11.0 Å². The lowest BCUT2D eigenvalue weighted by Gasteiger charge is -2.12. The van der Waals surface area contributed by atoms with Gasteiger partial charge in [-0.2, -0.15) is 0 Å². The second kappa shape index (κ2) is 7.63. The van der Waals surface area contributed by atoms with Crippen molar-refractivity contribution in [1.82, 2.24) is 10.6 Å². The van der Waals surface area contributed by atoms with Crippen LogP contribution in [0.25, 0.3) is 0 Å². The van der Waals surface area contributed by atoms with E-state index in [1.165, 1.54) is 6.07 Å². The Morgan fingerprint density at radius 3 is 2.71 bits per heavy atom. The highest BCUT2D eigenvalue weighted by molar-refractivity contribution is 9.10. The largest absolute Gasteiger partial charge is 0.358 e. The Labute approximate surface area is 115 Å². The van der Waals surface area contributed by atoms with E-state index in [9.17, 15) is 9.18 Å². The molecule has 1 aromatic carbocycles. The standard InChI is InChI=1S/C11H14BrFN2O.ClH/c1-7(11(16)14-2)15-6-8-3-4-10(13)9(12)5-8;/h3-5,7,15H,6H2,1-2H3,(H,14,16);1H/t7-;/m1./s1. The Balaban J connectivity index is 0.00000256. The first-order valence-corrected chi connectivity index (χ1v) is 5.72. The van der Waals surface area contributed by atoms with Crippen molar-refractivity contribution in [1.29, 1.82) is 0 Å². The van der Waals surface area contributed by atoms with Crippen LogP contribution in [0.3, 0.4) is 0 Å². The third kappa shape index (κ3) is 5.02. The first kappa shape index (κ1) is 16.4. The van der Waals surface area contributed by atoms with E-state index < -0.39 is 0 Å². The number of carbonyl (C=O) groups is 1. The Hall–Kier alpha value is -0.650. The van der Waals surface area contributed by atoms with Gasteiger partial charge in [-0.1, -0.05) is 6.07 Å². The molecule has 1 aromatic rings. The summed E-state index contributed by atoms with van der Waals surface area (Å²) in [4.78, 5) is 11.2. The fraction of sp³-hybridized carbons (Fsp3) is 0.364. The minimum Gasteiger partial charge on any atom is -0.358 e. The lowest BCUT2D eigenvalue weighted by atomic mass is 10.2. The van der Waals surface area contributed by atoms with Crippen LogP contribution in [0.2, 0.25) is 0 Å². The summed E-state index contributed by atoms with van der Waals surface area (Å²) in [5.41, 5.74) is 0.920. The molecule has 0 fully saturated rings. The number of rotatable bonds is 4. The summed E-state index contributed by atoms with van der Waals surface area (Å²) < 4.78 is 13.4. The molecule has 0 aliphatic carbocycles. The van der Waals surface area contributed by atoms with Gasteiger partial charge in [0.15, 0.2) is 0 Å². The number of hydrogen-bond donors (Lipinski definition) is 2. The predicted molar refractivity (Wildman–Crippen MR) is 71.7 cm³/mol. The predicted octanol–water partition coefficient (Wildman–Crippen LogP) is 2.23. The van der Waals surface area contributed by atoms with Crippen LogP contribution >= 0.6 is 28.3 Å². The third-order valence-corrected chi connectivity index (χ3v) is 2.84. The molecule has 0 saturated carbocycles. The van der Waals surface area contributed by atoms with E-state index in [1.54, 1.807) is 26.1 Å². The quantitative estimate of drug-likeness (QED) is 0.891. The number of hydrogen-bond acceptors (Lipinski definition) is 2. The highest BCUT2D eigenvalue weighted by Crippen LogP contribution is 2.16. The zero-order valence-electron chi connectivity index (χ0n) is 9.59. The Bertz CT molecular complexity index is 390. The van der Waals surface area contributed by atoms with E-state index >= 15 is 0 Å². The molecule has 1 rings (SSSR count). The van der Waals surface area contributed by atoms with Crippen LogP contribution in [0.15, 0.2) is 22.7 Å². The van der Waals surface area contributed by atoms with Crippen LogP contribution in [-0.4, -0.2) is 19.0 Å². The second-order valence-corrected chi connectivity index (χ2v) is 4.32. The van der Waals surface area contributed by atoms with Gasteiger partial charge in [0, 0.05) is 13.6 Å². The molecule has 0 spiro atoms. The normalized spacial score (nSPS) is 11.5. The maximum atomic E-state index is 12.9. The van der Waals surface area contributed by atoms with Crippen molar-refractivity contribution in [3.05, 3.63) is 34.1 Å². The van der Waals surface area contributed by atoms with Crippen molar-refractivity contribution in [2.24, 2.45) is 0 Å². The van der Waals surface area contributed by atoms with Crippen molar-refractivity contribution in [3.8, 4) is 0 Å². The van der Waals surface area contributed by atoms with E-state index in [2.05, 4.69) is 26.6 Å². The van der Waals surface area contributed by atoms with Crippen molar-refractivity contribution in [3.63, 3.8) is 0 Å². The van der Waals surface area contributed by atoms with Gasteiger partial charge in [0.1, 0.15) is 5.82 Å². The molecule has 6 heteroatoms. The molecule has 17 heavy (non-hydrogen) atoms. The number of carbonyl (C=O) groups excluding carboxylic acids is 1. The fourth-order valence-corrected chi connectivity index (χ4v) is 1.66. The van der Waals surface area contributed by atoms with Crippen LogP contribution in [0.4, 0.5) is 4.39 Å². The Morgan fingerprint density at radius 2 is 2.18 bits per heavy atom. The monoisotopic (exact) mass is 324 g/mol. The van der Waals surface area contributed by atoms with Crippen molar-refractivity contribution in [2.75, 3.05) is 7.05 Å². The Morgan fingerprint density at radius 1 is 1.53 bits per heavy atom. The number of nitrogens with one attached hydrogen (secondary N) is 2. The average molecular weight is 326 g/mol. The third-order valence-electron chi connectivity index (χ3n) is 2.24. The molecule has 0 aromatic heterocycles. The number of amides is 1. The molecule has 0 radical (unpaired) electrons. The minimum atomic E-state index is -0.289. The van der Waals surface area contributed by atoms with Gasteiger partial charge in [-0.25, -0.2) is 4.39 Å². The highest BCUT2D eigenvalue weighted by Gasteiger charge is 2.09. The molecule has 96 valence electrons. The maximum absolute atomic E-state index is 12.9. The summed E-state index contributed by atoms with van der Waals surface area (Å²) in [6, 6.07) is 4.50. The van der Waals surface area contributed by atoms with Crippen molar-refractivity contribution >= 4 is 34.2 Å². The van der Waals surface area contributed by atoms with Gasteiger partial charge in [0.25, 0.3) is 0 Å². The van der Waals surface area contributed by atoms with Crippen molar-refractivity contribution in [2.45, 2.75) is 19.5 Å². The molecule has 1 amide bonds. The topological polar surface area (TPSA) is 41.1 Å². The molecule has 2 N–H and O–H groups in total. The molecular formula is C11H15BrClFN2O. The Kier molecular flexibility index (Phi) is 7.34. The summed E-state index contributed by atoms with van der Waals surface area (Å²) in [6.07, 6.45) is 0. The molecule has 0 saturated heterocycles. The average Bonchev–Trinajstić information content (AvgIpc) is 2.29. The number of halogens is 3. The molecule has 3 nitrogen and oxygen atoms in total. The SMILES string of the molecule is CNC(=O)[C@@H](C)NCc1ccc(F)c(Br)c1.Cl. The molecule has 0 heterocycles. The maximum Gasteiger partial charge on any atom is 0.236 e. The molecule has 1 atom stereocenters. The number of benzene rings is 1. The molecular weight excluding hydrogens is 310 g/mol. The zero-order valence-corrected chi connectivity index (χ0v) is 12.0. The van der Waals surface area contributed by atoms with Gasteiger partial charge in [0.05, 0.1) is 10.5 Å². The smallest absolute Gasteiger partial charge is 0.236 e. The lowest BCUT2D eigenvalue weighted by molar-refractivity contribution is -0.122. The van der Waals surface area contributed by atoms with Gasteiger partial charge in [-0.15, -0.1) is 12.4 Å². The van der Waals surface area contributed by atoms with Gasteiger partial charge in [-0.05, 0) is 40.5 Å². The second-order valence-electron chi connectivity index (χ2n) is 3.47.